The first kappa shape index (κ1) is 11.5. The van der Waals surface area contributed by atoms with Crippen molar-refractivity contribution < 1.29 is 7.81 Å². The molecule has 0 bridgehead atoms. The Balaban J connectivity index is 0.000000217. The van der Waals surface area contributed by atoms with Crippen molar-refractivity contribution in [2.24, 2.45) is 0 Å². The van der Waals surface area contributed by atoms with Gasteiger partial charge < -0.3 is 0 Å². The molecule has 0 aliphatic heterocycles. The molecule has 0 unspecified atom stereocenters. The molecule has 0 atom stereocenters. The summed E-state index contributed by atoms with van der Waals surface area (Å²) in [5.74, 6) is -0.188. The Morgan fingerprint density at radius 3 is 1.92 bits per heavy atom. The monoisotopic (exact) mass is 274 g/mol. The van der Waals surface area contributed by atoms with E-state index in [9.17, 15) is 4.79 Å². The smallest absolute Gasteiger partial charge is 0.0398 e. The maximum absolute atomic E-state index is 9.62. The average Bonchev–Trinajstić information content (AvgIpc) is 2.07. The summed E-state index contributed by atoms with van der Waals surface area (Å²) in [6.07, 6.45) is 0. The van der Waals surface area contributed by atoms with Crippen molar-refractivity contribution in [1.82, 2.24) is 0 Å². The third-order valence-electron chi connectivity index (χ3n) is 1.11. The quantitative estimate of drug-likeness (QED) is 0.662. The van der Waals surface area contributed by atoms with Gasteiger partial charge in [-0.15, -0.1) is 0 Å². The van der Waals surface area contributed by atoms with Gasteiger partial charge in [-0.05, 0) is 6.92 Å². The predicted octanol–water partition coefficient (Wildman–Crippen LogP) is 1.09. The van der Waals surface area contributed by atoms with Crippen LogP contribution in [-0.4, -0.2) is 29.4 Å². The topological polar surface area (TPSA) is 26.3 Å². The van der Waals surface area contributed by atoms with Crippen LogP contribution in [0, 0.1) is 6.92 Å². The summed E-state index contributed by atoms with van der Waals surface area (Å²) in [5, 5.41) is 0. The minimum atomic E-state index is -0.188. The molecule has 1 aromatic carbocycles. The molecule has 0 amide bonds. The van der Waals surface area contributed by atoms with Gasteiger partial charge >= 0.3 is 44.1 Å². The molecular weight excluding hydrogens is 262 g/mol. The van der Waals surface area contributed by atoms with Crippen molar-refractivity contribution in [2.75, 3.05) is 0 Å². The van der Waals surface area contributed by atoms with Crippen LogP contribution in [0.2, 0.25) is 0 Å². The standard InChI is InChI=1S/C7H8.C2H4O2.Sb.2H/c1-7-5-3-2-4-6-7;1-2(3)4;;;/h2-6H,1H3;1H3,(H,3,4);;;/q;;+1;;/p-1. The molecule has 0 radical (unpaired) electrons. The molecule has 0 saturated carbocycles. The van der Waals surface area contributed by atoms with Crippen LogP contribution in [0.1, 0.15) is 12.5 Å². The van der Waals surface area contributed by atoms with E-state index in [0.29, 0.717) is 23.4 Å². The molecular formula is C9H13O2Sb. The second kappa shape index (κ2) is 7.17. The number of aryl methyl sites for hydroxylation is 1. The molecule has 0 fully saturated rings. The SMILES string of the molecule is CC(=O)[O][SbH2].Cc1ccccc1. The minimum absolute atomic E-state index is 0.188. The van der Waals surface area contributed by atoms with Crippen molar-refractivity contribution in [3.05, 3.63) is 35.9 Å². The molecule has 0 heterocycles. The maximum Gasteiger partial charge on any atom is -0.0398 e. The van der Waals surface area contributed by atoms with Gasteiger partial charge in [0.1, 0.15) is 0 Å². The third kappa shape index (κ3) is 7.61. The van der Waals surface area contributed by atoms with Crippen LogP contribution in [0.4, 0.5) is 0 Å². The molecule has 0 aromatic heterocycles. The van der Waals surface area contributed by atoms with Crippen LogP contribution in [0.25, 0.3) is 0 Å². The summed E-state index contributed by atoms with van der Waals surface area (Å²) in [7, 11) is 0. The third-order valence-corrected chi connectivity index (χ3v) is 2.05. The Hall–Kier alpha value is -0.492. The molecule has 3 heteroatoms. The Labute approximate surface area is 87.0 Å². The van der Waals surface area contributed by atoms with E-state index in [2.05, 4.69) is 22.1 Å². The zero-order valence-electron chi connectivity index (χ0n) is 7.28. The molecule has 0 spiro atoms. The molecule has 12 heavy (non-hydrogen) atoms. The van der Waals surface area contributed by atoms with Gasteiger partial charge in [0.05, 0.1) is 0 Å². The first-order chi connectivity index (χ1) is 5.66. The van der Waals surface area contributed by atoms with Gasteiger partial charge in [-0.2, -0.15) is 0 Å². The van der Waals surface area contributed by atoms with Crippen LogP contribution >= 0.6 is 0 Å². The number of carbonyl (C=O) groups excluding carboxylic acids is 1. The largest absolute Gasteiger partial charge is 0.0622 e. The maximum atomic E-state index is 9.62. The molecule has 2 nitrogen and oxygen atoms in total. The van der Waals surface area contributed by atoms with Gasteiger partial charge in [-0.25, -0.2) is 0 Å². The summed E-state index contributed by atoms with van der Waals surface area (Å²) < 4.78 is 4.24. The summed E-state index contributed by atoms with van der Waals surface area (Å²) in [5.41, 5.74) is 1.32. The number of carbonyl (C=O) groups is 1. The molecule has 0 saturated heterocycles. The summed E-state index contributed by atoms with van der Waals surface area (Å²) in [4.78, 5) is 9.62. The minimum Gasteiger partial charge on any atom is -0.0622 e. The number of hydrogen-bond acceptors (Lipinski definition) is 2. The number of benzene rings is 1. The van der Waals surface area contributed by atoms with E-state index < -0.39 is 0 Å². The van der Waals surface area contributed by atoms with Gasteiger partial charge in [0.15, 0.2) is 0 Å². The van der Waals surface area contributed by atoms with E-state index in [1.165, 1.54) is 12.5 Å². The molecule has 1 rings (SSSR count). The fraction of sp³-hybridized carbons (Fsp3) is 0.222. The van der Waals surface area contributed by atoms with E-state index in [-0.39, 0.29) is 5.97 Å². The van der Waals surface area contributed by atoms with E-state index >= 15 is 0 Å². The first-order valence-electron chi connectivity index (χ1n) is 3.55. The zero-order chi connectivity index (χ0) is 9.40. The van der Waals surface area contributed by atoms with Crippen LogP contribution in [0.3, 0.4) is 0 Å². The second-order valence-electron chi connectivity index (χ2n) is 2.26. The normalized spacial score (nSPS) is 7.92. The Kier molecular flexibility index (Phi) is 6.88. The van der Waals surface area contributed by atoms with Crippen LogP contribution in [-0.2, 0) is 7.81 Å². The fourth-order valence-corrected chi connectivity index (χ4v) is 0.534. The van der Waals surface area contributed by atoms with E-state index in [4.69, 9.17) is 0 Å². The molecule has 0 aliphatic carbocycles. The number of hydrogen-bond donors (Lipinski definition) is 0. The molecule has 66 valence electrons. The van der Waals surface area contributed by atoms with Crippen LogP contribution in [0.5, 0.6) is 0 Å². The van der Waals surface area contributed by atoms with Crippen LogP contribution < -0.4 is 0 Å². The number of rotatable bonds is 0. The zero-order valence-corrected chi connectivity index (χ0v) is 10.6. The van der Waals surface area contributed by atoms with Gasteiger partial charge in [-0.3, -0.25) is 0 Å². The summed E-state index contributed by atoms with van der Waals surface area (Å²) in [6.45, 7) is 3.48. The van der Waals surface area contributed by atoms with Crippen molar-refractivity contribution in [3.63, 3.8) is 0 Å². The van der Waals surface area contributed by atoms with Gasteiger partial charge in [0, 0.05) is 0 Å². The molecule has 0 aliphatic rings. The first-order valence-corrected chi connectivity index (χ1v) is 4.90. The predicted molar refractivity (Wildman–Crippen MR) is 51.5 cm³/mol. The van der Waals surface area contributed by atoms with Gasteiger partial charge in [0.25, 0.3) is 0 Å². The van der Waals surface area contributed by atoms with Crippen molar-refractivity contribution >= 4 is 29.4 Å². The molecule has 1 aromatic rings. The Morgan fingerprint density at radius 1 is 1.33 bits per heavy atom. The second-order valence-corrected chi connectivity index (χ2v) is 2.94. The van der Waals surface area contributed by atoms with Crippen molar-refractivity contribution in [2.45, 2.75) is 13.8 Å². The van der Waals surface area contributed by atoms with Gasteiger partial charge in [0.2, 0.25) is 0 Å². The van der Waals surface area contributed by atoms with E-state index in [1.807, 2.05) is 18.2 Å². The van der Waals surface area contributed by atoms with Gasteiger partial charge in [-0.1, -0.05) is 35.9 Å². The van der Waals surface area contributed by atoms with E-state index in [1.54, 1.807) is 0 Å². The van der Waals surface area contributed by atoms with E-state index in [0.717, 1.165) is 0 Å². The fourth-order valence-electron chi connectivity index (χ4n) is 0.534. The van der Waals surface area contributed by atoms with Crippen molar-refractivity contribution in [3.8, 4) is 0 Å². The Morgan fingerprint density at radius 2 is 1.75 bits per heavy atom. The Bertz CT molecular complexity index is 221. The van der Waals surface area contributed by atoms with Crippen LogP contribution in [0.15, 0.2) is 30.3 Å². The summed E-state index contributed by atoms with van der Waals surface area (Å²) in [6, 6.07) is 10.3. The average molecular weight is 275 g/mol. The summed E-state index contributed by atoms with van der Waals surface area (Å²) >= 11 is 0.577. The molecule has 0 N–H and O–H groups in total. The van der Waals surface area contributed by atoms with Crippen molar-refractivity contribution in [1.29, 1.82) is 0 Å².